The van der Waals surface area contributed by atoms with Crippen molar-refractivity contribution in [2.24, 2.45) is 17.6 Å². The number of hydrogen-bond donors (Lipinski definition) is 1. The molecule has 2 rings (SSSR count). The van der Waals surface area contributed by atoms with E-state index in [0.29, 0.717) is 5.54 Å². The van der Waals surface area contributed by atoms with Crippen molar-refractivity contribution < 1.29 is 0 Å². The number of hydrogen-bond acceptors (Lipinski definition) is 2. The number of rotatable bonds is 4. The molecule has 0 aliphatic heterocycles. The molecule has 2 N–H and O–H groups in total. The minimum atomic E-state index is 0.292. The third-order valence-electron chi connectivity index (χ3n) is 5.39. The van der Waals surface area contributed by atoms with Crippen LogP contribution in [0.2, 0.25) is 0 Å². The Labute approximate surface area is 101 Å². The zero-order chi connectivity index (χ0) is 11.8. The Morgan fingerprint density at radius 3 is 2.50 bits per heavy atom. The summed E-state index contributed by atoms with van der Waals surface area (Å²) in [5.74, 6) is 1.71. The first kappa shape index (κ1) is 12.4. The van der Waals surface area contributed by atoms with E-state index in [9.17, 15) is 0 Å². The van der Waals surface area contributed by atoms with Gasteiger partial charge in [-0.15, -0.1) is 0 Å². The van der Waals surface area contributed by atoms with Crippen LogP contribution in [0.1, 0.15) is 52.4 Å². The normalized spacial score (nSPS) is 37.7. The van der Waals surface area contributed by atoms with E-state index < -0.39 is 0 Å². The molecule has 3 unspecified atom stereocenters. The second kappa shape index (κ2) is 4.66. The molecule has 2 nitrogen and oxygen atoms in total. The zero-order valence-electron chi connectivity index (χ0n) is 11.2. The van der Waals surface area contributed by atoms with Gasteiger partial charge in [0.15, 0.2) is 0 Å². The first-order valence-electron chi connectivity index (χ1n) is 7.05. The van der Waals surface area contributed by atoms with Crippen LogP contribution in [-0.4, -0.2) is 30.1 Å². The maximum absolute atomic E-state index is 6.15. The Morgan fingerprint density at radius 1 is 1.31 bits per heavy atom. The Morgan fingerprint density at radius 2 is 2.00 bits per heavy atom. The third kappa shape index (κ3) is 2.02. The van der Waals surface area contributed by atoms with Crippen LogP contribution in [0.25, 0.3) is 0 Å². The van der Waals surface area contributed by atoms with E-state index >= 15 is 0 Å². The van der Waals surface area contributed by atoms with Crippen LogP contribution in [-0.2, 0) is 0 Å². The third-order valence-corrected chi connectivity index (χ3v) is 5.39. The molecular formula is C14H28N2. The Balaban J connectivity index is 2.11. The molecule has 0 bridgehead atoms. The van der Waals surface area contributed by atoms with Gasteiger partial charge in [0.1, 0.15) is 0 Å². The van der Waals surface area contributed by atoms with Crippen molar-refractivity contribution in [3.05, 3.63) is 0 Å². The minimum absolute atomic E-state index is 0.292. The molecule has 3 atom stereocenters. The lowest BCUT2D eigenvalue weighted by molar-refractivity contribution is 0.00113. The van der Waals surface area contributed by atoms with Crippen LogP contribution in [0.5, 0.6) is 0 Å². The predicted molar refractivity (Wildman–Crippen MR) is 69.4 cm³/mol. The Bertz CT molecular complexity index is 237. The molecule has 2 saturated carbocycles. The summed E-state index contributed by atoms with van der Waals surface area (Å²) < 4.78 is 0. The largest absolute Gasteiger partial charge is 0.329 e. The predicted octanol–water partition coefficient (Wildman–Crippen LogP) is 2.62. The summed E-state index contributed by atoms with van der Waals surface area (Å²) in [6, 6.07) is 0.726. The quantitative estimate of drug-likeness (QED) is 0.795. The summed E-state index contributed by atoms with van der Waals surface area (Å²) in [6.07, 6.45) is 8.29. The summed E-state index contributed by atoms with van der Waals surface area (Å²) in [6.45, 7) is 5.64. The van der Waals surface area contributed by atoms with Gasteiger partial charge in [-0.25, -0.2) is 0 Å². The molecule has 94 valence electrons. The molecule has 0 spiro atoms. The summed E-state index contributed by atoms with van der Waals surface area (Å²) in [4.78, 5) is 2.63. The van der Waals surface area contributed by atoms with E-state index in [0.717, 1.165) is 24.4 Å². The summed E-state index contributed by atoms with van der Waals surface area (Å²) in [5.41, 5.74) is 6.44. The molecule has 2 heteroatoms. The van der Waals surface area contributed by atoms with Gasteiger partial charge in [-0.2, -0.15) is 0 Å². The van der Waals surface area contributed by atoms with Crippen molar-refractivity contribution in [3.63, 3.8) is 0 Å². The van der Waals surface area contributed by atoms with Crippen LogP contribution >= 0.6 is 0 Å². The van der Waals surface area contributed by atoms with E-state index in [-0.39, 0.29) is 0 Å². The van der Waals surface area contributed by atoms with Crippen LogP contribution in [0.15, 0.2) is 0 Å². The van der Waals surface area contributed by atoms with Crippen LogP contribution in [0.4, 0.5) is 0 Å². The molecule has 0 aromatic rings. The molecule has 0 radical (unpaired) electrons. The van der Waals surface area contributed by atoms with Gasteiger partial charge >= 0.3 is 0 Å². The molecule has 16 heavy (non-hydrogen) atoms. The SMILES string of the molecule is CC(C1CC1)N(C)C1(CN)CCCCC1C. The lowest BCUT2D eigenvalue weighted by Crippen LogP contribution is -2.60. The van der Waals surface area contributed by atoms with Crippen LogP contribution < -0.4 is 5.73 Å². The molecule has 0 heterocycles. The van der Waals surface area contributed by atoms with Gasteiger partial charge < -0.3 is 5.73 Å². The summed E-state index contributed by atoms with van der Waals surface area (Å²) in [5, 5.41) is 0. The Kier molecular flexibility index (Phi) is 3.60. The van der Waals surface area contributed by atoms with E-state index in [1.807, 2.05) is 0 Å². The van der Waals surface area contributed by atoms with Crippen LogP contribution in [0.3, 0.4) is 0 Å². The van der Waals surface area contributed by atoms with E-state index in [2.05, 4.69) is 25.8 Å². The first-order chi connectivity index (χ1) is 7.62. The second-order valence-electron chi connectivity index (χ2n) is 6.14. The summed E-state index contributed by atoms with van der Waals surface area (Å²) >= 11 is 0. The Hall–Kier alpha value is -0.0800. The maximum Gasteiger partial charge on any atom is 0.0357 e. The van der Waals surface area contributed by atoms with Crippen molar-refractivity contribution in [2.75, 3.05) is 13.6 Å². The number of nitrogens with zero attached hydrogens (tertiary/aromatic N) is 1. The lowest BCUT2D eigenvalue weighted by atomic mass is 9.72. The van der Waals surface area contributed by atoms with E-state index in [1.54, 1.807) is 0 Å². The first-order valence-corrected chi connectivity index (χ1v) is 7.05. The highest BCUT2D eigenvalue weighted by Crippen LogP contribution is 2.42. The van der Waals surface area contributed by atoms with Crippen molar-refractivity contribution in [1.82, 2.24) is 4.90 Å². The van der Waals surface area contributed by atoms with E-state index in [1.165, 1.54) is 38.5 Å². The smallest absolute Gasteiger partial charge is 0.0357 e. The van der Waals surface area contributed by atoms with Gasteiger partial charge in [-0.05, 0) is 51.5 Å². The van der Waals surface area contributed by atoms with Gasteiger partial charge in [0.2, 0.25) is 0 Å². The fourth-order valence-electron chi connectivity index (χ4n) is 3.67. The fraction of sp³-hybridized carbons (Fsp3) is 1.00. The lowest BCUT2D eigenvalue weighted by Gasteiger charge is -2.51. The monoisotopic (exact) mass is 224 g/mol. The molecule has 2 fully saturated rings. The standard InChI is InChI=1S/C14H28N2/c1-11-6-4-5-9-14(11,10-15)16(3)12(2)13-7-8-13/h11-13H,4-10,15H2,1-3H3. The number of nitrogens with two attached hydrogens (primary N) is 1. The molecule has 0 aromatic heterocycles. The molecule has 2 aliphatic rings. The average molecular weight is 224 g/mol. The maximum atomic E-state index is 6.15. The highest BCUT2D eigenvalue weighted by Gasteiger charge is 2.44. The van der Waals surface area contributed by atoms with Gasteiger partial charge in [-0.1, -0.05) is 19.8 Å². The molecule has 0 aromatic carbocycles. The van der Waals surface area contributed by atoms with Crippen molar-refractivity contribution >= 4 is 0 Å². The highest BCUT2D eigenvalue weighted by atomic mass is 15.2. The molecule has 0 amide bonds. The molecular weight excluding hydrogens is 196 g/mol. The van der Waals surface area contributed by atoms with E-state index in [4.69, 9.17) is 5.73 Å². The van der Waals surface area contributed by atoms with Gasteiger partial charge in [0.05, 0.1) is 0 Å². The average Bonchev–Trinajstić information content (AvgIpc) is 3.12. The topological polar surface area (TPSA) is 29.3 Å². The fourth-order valence-corrected chi connectivity index (χ4v) is 3.67. The van der Waals surface area contributed by atoms with Gasteiger partial charge in [0, 0.05) is 18.1 Å². The summed E-state index contributed by atoms with van der Waals surface area (Å²) in [7, 11) is 2.32. The van der Waals surface area contributed by atoms with Crippen LogP contribution in [0, 0.1) is 11.8 Å². The highest BCUT2D eigenvalue weighted by molar-refractivity contribution is 5.01. The van der Waals surface area contributed by atoms with Gasteiger partial charge in [-0.3, -0.25) is 4.90 Å². The zero-order valence-corrected chi connectivity index (χ0v) is 11.2. The molecule has 0 saturated heterocycles. The van der Waals surface area contributed by atoms with Crippen molar-refractivity contribution in [3.8, 4) is 0 Å². The minimum Gasteiger partial charge on any atom is -0.329 e. The van der Waals surface area contributed by atoms with Gasteiger partial charge in [0.25, 0.3) is 0 Å². The van der Waals surface area contributed by atoms with Crippen molar-refractivity contribution in [2.45, 2.75) is 64.0 Å². The second-order valence-corrected chi connectivity index (χ2v) is 6.14. The molecule has 2 aliphatic carbocycles. The number of likely N-dealkylation sites (N-methyl/N-ethyl adjacent to an activating group) is 1. The van der Waals surface area contributed by atoms with Crippen molar-refractivity contribution in [1.29, 1.82) is 0 Å².